The predicted molar refractivity (Wildman–Crippen MR) is 60.8 cm³/mol. The number of rotatable bonds is 2. The molecule has 0 saturated carbocycles. The van der Waals surface area contributed by atoms with Gasteiger partial charge >= 0.3 is 0 Å². The highest BCUT2D eigenvalue weighted by Gasteiger charge is 2.07. The Morgan fingerprint density at radius 1 is 1.19 bits per heavy atom. The normalized spacial score (nSPS) is 9.75. The molecular formula is C11H10N4O. The molecule has 2 aromatic heterocycles. The molecule has 1 amide bonds. The van der Waals surface area contributed by atoms with Gasteiger partial charge in [0.25, 0.3) is 5.91 Å². The van der Waals surface area contributed by atoms with E-state index < -0.39 is 0 Å². The maximum Gasteiger partial charge on any atom is 0.256 e. The predicted octanol–water partition coefficient (Wildman–Crippen LogP) is 1.31. The van der Waals surface area contributed by atoms with Crippen molar-refractivity contribution in [3.63, 3.8) is 0 Å². The van der Waals surface area contributed by atoms with Crippen LogP contribution in [0, 0.1) is 0 Å². The molecule has 5 heteroatoms. The molecule has 0 saturated heterocycles. The van der Waals surface area contributed by atoms with Crippen molar-refractivity contribution < 1.29 is 4.79 Å². The van der Waals surface area contributed by atoms with Gasteiger partial charge in [0.1, 0.15) is 0 Å². The molecule has 2 heterocycles. The summed E-state index contributed by atoms with van der Waals surface area (Å²) in [7, 11) is 0. The number of nitrogens with one attached hydrogen (secondary N) is 1. The quantitative estimate of drug-likeness (QED) is 0.789. The molecule has 0 atom stereocenters. The van der Waals surface area contributed by atoms with E-state index >= 15 is 0 Å². The summed E-state index contributed by atoms with van der Waals surface area (Å²) in [5, 5.41) is 2.62. The van der Waals surface area contributed by atoms with Crippen molar-refractivity contribution in [3.8, 4) is 0 Å². The van der Waals surface area contributed by atoms with Crippen molar-refractivity contribution >= 4 is 17.4 Å². The van der Waals surface area contributed by atoms with E-state index in [0.717, 1.165) is 0 Å². The number of amides is 1. The molecule has 3 N–H and O–H groups in total. The molecule has 0 aliphatic heterocycles. The zero-order chi connectivity index (χ0) is 11.4. The Labute approximate surface area is 92.3 Å². The highest BCUT2D eigenvalue weighted by Crippen LogP contribution is 2.13. The van der Waals surface area contributed by atoms with E-state index in [1.165, 1.54) is 0 Å². The van der Waals surface area contributed by atoms with Crippen molar-refractivity contribution in [3.05, 3.63) is 48.4 Å². The smallest absolute Gasteiger partial charge is 0.256 e. The zero-order valence-electron chi connectivity index (χ0n) is 8.42. The van der Waals surface area contributed by atoms with Gasteiger partial charge in [-0.1, -0.05) is 0 Å². The van der Waals surface area contributed by atoms with Gasteiger partial charge < -0.3 is 11.1 Å². The standard InChI is InChI=1S/C11H10N4O/c12-9-2-1-5-14-10(9)15-11(16)8-3-6-13-7-4-8/h1-7H,12H2,(H,14,15,16). The Kier molecular flexibility index (Phi) is 2.77. The number of hydrogen-bond acceptors (Lipinski definition) is 4. The maximum atomic E-state index is 11.7. The molecule has 0 bridgehead atoms. The Morgan fingerprint density at radius 3 is 2.62 bits per heavy atom. The van der Waals surface area contributed by atoms with E-state index in [-0.39, 0.29) is 5.91 Å². The SMILES string of the molecule is Nc1cccnc1NC(=O)c1ccncc1. The van der Waals surface area contributed by atoms with Crippen LogP contribution in [0.5, 0.6) is 0 Å². The summed E-state index contributed by atoms with van der Waals surface area (Å²) in [6.07, 6.45) is 4.67. The number of nitrogens with zero attached hydrogens (tertiary/aromatic N) is 2. The van der Waals surface area contributed by atoms with Gasteiger partial charge in [0, 0.05) is 24.2 Å². The molecular weight excluding hydrogens is 204 g/mol. The van der Waals surface area contributed by atoms with E-state index in [1.807, 2.05) is 0 Å². The lowest BCUT2D eigenvalue weighted by Gasteiger charge is -2.05. The summed E-state index contributed by atoms with van der Waals surface area (Å²) in [5.74, 6) is 0.108. The van der Waals surface area contributed by atoms with Crippen molar-refractivity contribution in [2.24, 2.45) is 0 Å². The number of carbonyl (C=O) groups is 1. The third-order valence-electron chi connectivity index (χ3n) is 2.01. The Morgan fingerprint density at radius 2 is 1.94 bits per heavy atom. The van der Waals surface area contributed by atoms with E-state index in [9.17, 15) is 4.79 Å². The number of anilines is 2. The average Bonchev–Trinajstić information content (AvgIpc) is 2.33. The first-order chi connectivity index (χ1) is 7.77. The average molecular weight is 214 g/mol. The highest BCUT2D eigenvalue weighted by atomic mass is 16.1. The largest absolute Gasteiger partial charge is 0.396 e. The first-order valence-electron chi connectivity index (χ1n) is 4.69. The van der Waals surface area contributed by atoms with E-state index in [2.05, 4.69) is 15.3 Å². The van der Waals surface area contributed by atoms with Gasteiger partial charge in [-0.05, 0) is 24.3 Å². The lowest BCUT2D eigenvalue weighted by atomic mass is 10.2. The van der Waals surface area contributed by atoms with Gasteiger partial charge in [0.05, 0.1) is 5.69 Å². The van der Waals surface area contributed by atoms with Crippen LogP contribution in [0.15, 0.2) is 42.9 Å². The van der Waals surface area contributed by atoms with Gasteiger partial charge in [-0.2, -0.15) is 0 Å². The van der Waals surface area contributed by atoms with Crippen LogP contribution in [0.3, 0.4) is 0 Å². The third kappa shape index (κ3) is 2.14. The van der Waals surface area contributed by atoms with Gasteiger partial charge in [0.15, 0.2) is 5.82 Å². The summed E-state index contributed by atoms with van der Waals surface area (Å²) in [5.41, 5.74) is 6.61. The third-order valence-corrected chi connectivity index (χ3v) is 2.01. The molecule has 0 aliphatic carbocycles. The molecule has 80 valence electrons. The van der Waals surface area contributed by atoms with E-state index in [1.54, 1.807) is 42.9 Å². The summed E-state index contributed by atoms with van der Waals surface area (Å²) < 4.78 is 0. The second kappa shape index (κ2) is 4.39. The van der Waals surface area contributed by atoms with Crippen LogP contribution in [-0.2, 0) is 0 Å². The molecule has 2 rings (SSSR count). The number of aromatic nitrogens is 2. The minimum absolute atomic E-state index is 0.257. The summed E-state index contributed by atoms with van der Waals surface area (Å²) in [6, 6.07) is 6.62. The molecule has 0 spiro atoms. The Hall–Kier alpha value is -2.43. The summed E-state index contributed by atoms with van der Waals surface area (Å²) >= 11 is 0. The second-order valence-corrected chi connectivity index (χ2v) is 3.13. The van der Waals surface area contributed by atoms with Gasteiger partial charge in [0.2, 0.25) is 0 Å². The first-order valence-corrected chi connectivity index (χ1v) is 4.69. The number of hydrogen-bond donors (Lipinski definition) is 2. The van der Waals surface area contributed by atoms with Gasteiger partial charge in [-0.15, -0.1) is 0 Å². The fraction of sp³-hybridized carbons (Fsp3) is 0. The number of nitrogens with two attached hydrogens (primary N) is 1. The summed E-state index contributed by atoms with van der Waals surface area (Å²) in [6.45, 7) is 0. The van der Waals surface area contributed by atoms with Crippen LogP contribution in [0.4, 0.5) is 11.5 Å². The van der Waals surface area contributed by atoms with Crippen molar-refractivity contribution in [1.29, 1.82) is 0 Å². The lowest BCUT2D eigenvalue weighted by molar-refractivity contribution is 0.102. The maximum absolute atomic E-state index is 11.7. The lowest BCUT2D eigenvalue weighted by Crippen LogP contribution is -2.14. The highest BCUT2D eigenvalue weighted by molar-refractivity contribution is 6.04. The number of pyridine rings is 2. The molecule has 0 unspecified atom stereocenters. The zero-order valence-corrected chi connectivity index (χ0v) is 8.42. The van der Waals surface area contributed by atoms with Crippen LogP contribution in [-0.4, -0.2) is 15.9 Å². The summed E-state index contributed by atoms with van der Waals surface area (Å²) in [4.78, 5) is 19.5. The minimum Gasteiger partial charge on any atom is -0.396 e. The van der Waals surface area contributed by atoms with Crippen LogP contribution < -0.4 is 11.1 Å². The molecule has 16 heavy (non-hydrogen) atoms. The number of carbonyl (C=O) groups excluding carboxylic acids is 1. The van der Waals surface area contributed by atoms with Crippen LogP contribution >= 0.6 is 0 Å². The van der Waals surface area contributed by atoms with Crippen LogP contribution in [0.2, 0.25) is 0 Å². The fourth-order valence-electron chi connectivity index (χ4n) is 1.21. The van der Waals surface area contributed by atoms with Crippen molar-refractivity contribution in [2.45, 2.75) is 0 Å². The number of nitrogen functional groups attached to an aromatic ring is 1. The second-order valence-electron chi connectivity index (χ2n) is 3.13. The van der Waals surface area contributed by atoms with E-state index in [0.29, 0.717) is 17.1 Å². The minimum atomic E-state index is -0.257. The van der Waals surface area contributed by atoms with Crippen LogP contribution in [0.1, 0.15) is 10.4 Å². The van der Waals surface area contributed by atoms with Crippen LogP contribution in [0.25, 0.3) is 0 Å². The molecule has 0 aliphatic rings. The first kappa shape index (κ1) is 10.1. The van der Waals surface area contributed by atoms with Gasteiger partial charge in [-0.3, -0.25) is 9.78 Å². The van der Waals surface area contributed by atoms with Crippen molar-refractivity contribution in [2.75, 3.05) is 11.1 Å². The monoisotopic (exact) mass is 214 g/mol. The molecule has 5 nitrogen and oxygen atoms in total. The Balaban J connectivity index is 2.18. The van der Waals surface area contributed by atoms with E-state index in [4.69, 9.17) is 5.73 Å². The fourth-order valence-corrected chi connectivity index (χ4v) is 1.21. The Bertz CT molecular complexity index is 498. The molecule has 0 fully saturated rings. The van der Waals surface area contributed by atoms with Gasteiger partial charge in [-0.25, -0.2) is 4.98 Å². The molecule has 2 aromatic rings. The topological polar surface area (TPSA) is 80.9 Å². The molecule has 0 aromatic carbocycles. The molecule has 0 radical (unpaired) electrons. The van der Waals surface area contributed by atoms with Crippen molar-refractivity contribution in [1.82, 2.24) is 9.97 Å².